The number of nitrogens with zero attached hydrogens (tertiary/aromatic N) is 8. The monoisotopic (exact) mass is 2100 g/mol. The number of rotatable bonds is 65. The van der Waals surface area contributed by atoms with Crippen LogP contribution in [0.15, 0.2) is 84.9 Å². The number of thioether (sulfide) groups is 2. The Labute approximate surface area is 887 Å². The molecule has 0 aromatic heterocycles. The second-order valence-electron chi connectivity index (χ2n) is 42.4. The van der Waals surface area contributed by atoms with Gasteiger partial charge in [-0.1, -0.05) is 195 Å². The molecule has 3 aromatic rings. The molecule has 4 unspecified atom stereocenters. The van der Waals surface area contributed by atoms with Gasteiger partial charge in [0.2, 0.25) is 53.2 Å². The highest BCUT2D eigenvalue weighted by atomic mass is 32.2. The highest BCUT2D eigenvalue weighted by Crippen LogP contribution is 2.38. The minimum Gasteiger partial charge on any atom is -0.481 e. The van der Waals surface area contributed by atoms with E-state index in [1.54, 1.807) is 78.9 Å². The minimum atomic E-state index is -1.05. The average Bonchev–Trinajstić information content (AvgIpc) is 1.36. The molecule has 0 bridgehead atoms. The van der Waals surface area contributed by atoms with E-state index < -0.39 is 114 Å². The zero-order valence-electron chi connectivity index (χ0n) is 92.4. The van der Waals surface area contributed by atoms with E-state index in [1.807, 2.05) is 156 Å². The molecule has 826 valence electrons. The van der Waals surface area contributed by atoms with Crippen molar-refractivity contribution in [3.63, 3.8) is 0 Å². The van der Waals surface area contributed by atoms with Crippen LogP contribution in [0.5, 0.6) is 0 Å². The Balaban J connectivity index is 0.000000458. The maximum atomic E-state index is 14.8. The molecule has 4 saturated heterocycles. The van der Waals surface area contributed by atoms with Crippen molar-refractivity contribution in [2.75, 3.05) is 107 Å². The van der Waals surface area contributed by atoms with E-state index in [-0.39, 0.29) is 212 Å². The van der Waals surface area contributed by atoms with Crippen LogP contribution < -0.4 is 5.32 Å². The largest absolute Gasteiger partial charge is 0.481 e. The van der Waals surface area contributed by atoms with Crippen LogP contribution in [-0.2, 0) is 120 Å². The van der Waals surface area contributed by atoms with E-state index in [0.717, 1.165) is 17.5 Å². The van der Waals surface area contributed by atoms with Crippen molar-refractivity contribution in [3.8, 4) is 0 Å². The fourth-order valence-electron chi connectivity index (χ4n) is 21.6. The number of unbranched alkanes of at least 4 members (excludes halogenated alkanes) is 4. The lowest BCUT2D eigenvalue weighted by Crippen LogP contribution is -2.54. The number of aliphatic carboxylic acids is 2. The molecule has 4 aliphatic heterocycles. The molecular weight excluding hydrogens is 1930 g/mol. The van der Waals surface area contributed by atoms with Gasteiger partial charge in [-0.3, -0.25) is 86.5 Å². The highest BCUT2D eigenvalue weighted by molar-refractivity contribution is 8.00. The van der Waals surface area contributed by atoms with Crippen LogP contribution in [0.2, 0.25) is 0 Å². The summed E-state index contributed by atoms with van der Waals surface area (Å²) in [6, 6.07) is 21.9. The molecular formula is C113H173N9O24S2. The maximum absolute atomic E-state index is 14.8. The summed E-state index contributed by atoms with van der Waals surface area (Å²) in [5.74, 6) is -10.7. The van der Waals surface area contributed by atoms with Crippen molar-refractivity contribution in [1.82, 2.24) is 39.2 Å². The van der Waals surface area contributed by atoms with Gasteiger partial charge in [0.15, 0.2) is 17.3 Å². The topological polar surface area (TPSA) is 415 Å². The summed E-state index contributed by atoms with van der Waals surface area (Å²) in [6.07, 6.45) is 8.65. The number of likely N-dealkylation sites (N-methyl/N-ethyl adjacent to an activating group) is 4. The van der Waals surface area contributed by atoms with E-state index in [4.69, 9.17) is 23.7 Å². The fourth-order valence-corrected chi connectivity index (χ4v) is 22.9. The number of hydrogen-bond acceptors (Lipinski definition) is 25. The lowest BCUT2D eigenvalue weighted by molar-refractivity contribution is -0.150. The van der Waals surface area contributed by atoms with Gasteiger partial charge in [0, 0.05) is 164 Å². The third kappa shape index (κ3) is 36.2. The molecule has 0 spiro atoms. The Morgan fingerprint density at radius 1 is 0.446 bits per heavy atom. The number of anilines is 1. The summed E-state index contributed by atoms with van der Waals surface area (Å²) in [7, 11) is 12.6. The number of amides is 10. The lowest BCUT2D eigenvalue weighted by atomic mass is 9.83. The Morgan fingerprint density at radius 3 is 1.18 bits per heavy atom. The standard InChI is InChI=1S/C61H91N5O13S.C52H82N4O11S/c1-13-40(6)56(51(77-10)34-53(70)65-30-20-24-48(65)57(78-11)41(7)49(68)32-44(60(74)75)31-42-21-16-14-17-22-42)63(8)58(72)47(38(2)3)33-50(69)55(39(4)5)64(9)61(76)79-37-43-25-27-45(28-26-43)62-36-46(67)23-18-15-19-29-66-54(71)35-52(80-12)59(66)73;1-13-34(6)48(42(66-10)30-45(60)55-26-20-23-39(55)49(67-11)35(7)40(57)28-37(52(64)65)27-36-21-16-14-17-22-36)54(9)50(62)38(32(2)3)29-41(58)47(33(4)5)53(8)44(59)24-18-15-19-25-56-46(61)31-43(68-12)51(56)63/h14,16-17,21-22,25-28,38-41,44,47-48,51-52,55-57,62H,13,15,18-20,23-24,29-37H2,1-12H3,(H,74,75);14,16-17,21-22,32-35,37-39,42-43,47-49H,13,15,18-20,23-31H2,1-12H3,(H,64,65)/t40-,41-,44+,47-,48-,51?,52?,55-,56-,57+;34-,35-,37+,38-,39-,42?,43?,47-,48-,49+/m00/s1. The highest BCUT2D eigenvalue weighted by Gasteiger charge is 2.49. The molecule has 35 heteroatoms. The van der Waals surface area contributed by atoms with E-state index in [9.17, 15) is 91.7 Å². The SMILES string of the molecule is CC[C@H](C)[C@@H](C(CC(=O)N1CCC[C@H]1[C@H](OC)[C@@H](C)C(=O)C[C@@H](Cc1ccccc1)C(=O)O)OC)N(C)C(=O)[C@@H](CC(=O)[C@H](C(C)C)N(C)C(=O)CCCCCN1C(=O)CC(SC)C1=O)C(C)C.CC[C@H](C)[C@@H](C(CC(=O)N1CCC[C@H]1[C@H](OC)[C@@H](C)C(=O)C[C@@H](Cc1ccccc1)C(=O)O)OC)N(C)C(=O)[C@@H](CC(=O)[C@H](C(C)C)N(C)C(=O)OCc1ccc(NCC(=O)CCCCCN2C(=O)CC(SC)C2=O)cc1)C(C)C. The quantitative estimate of drug-likeness (QED) is 0.0349. The van der Waals surface area contributed by atoms with Crippen molar-refractivity contribution < 1.29 is 115 Å². The summed E-state index contributed by atoms with van der Waals surface area (Å²) in [5.41, 5.74) is 3.06. The Bertz CT molecular complexity index is 4830. The molecule has 7 rings (SSSR count). The second kappa shape index (κ2) is 62.9. The van der Waals surface area contributed by atoms with E-state index in [0.29, 0.717) is 114 Å². The Kier molecular flexibility index (Phi) is 53.9. The number of carbonyl (C=O) groups excluding carboxylic acids is 15. The Morgan fingerprint density at radius 2 is 0.831 bits per heavy atom. The van der Waals surface area contributed by atoms with Crippen LogP contribution in [0.25, 0.3) is 0 Å². The number of methoxy groups -OCH3 is 4. The molecule has 148 heavy (non-hydrogen) atoms. The molecule has 4 heterocycles. The maximum Gasteiger partial charge on any atom is 0.410 e. The van der Waals surface area contributed by atoms with Gasteiger partial charge in [-0.05, 0) is 141 Å². The Hall–Kier alpha value is -9.81. The minimum absolute atomic E-state index is 0.0325. The van der Waals surface area contributed by atoms with E-state index >= 15 is 0 Å². The van der Waals surface area contributed by atoms with Crippen LogP contribution in [0.1, 0.15) is 255 Å². The summed E-state index contributed by atoms with van der Waals surface area (Å²) in [4.78, 5) is 240. The zero-order valence-corrected chi connectivity index (χ0v) is 94.1. The number of Topliss-reactive ketones (excluding diaryl/α,β-unsaturated/α-hetero) is 5. The molecule has 33 nitrogen and oxygen atoms in total. The first kappa shape index (κ1) is 127. The molecule has 0 aliphatic carbocycles. The van der Waals surface area contributed by atoms with E-state index in [2.05, 4.69) is 5.32 Å². The van der Waals surface area contributed by atoms with Gasteiger partial charge in [-0.15, -0.1) is 0 Å². The summed E-state index contributed by atoms with van der Waals surface area (Å²) in [5, 5.41) is 22.6. The smallest absolute Gasteiger partial charge is 0.410 e. The van der Waals surface area contributed by atoms with Crippen molar-refractivity contribution in [2.45, 2.75) is 329 Å². The van der Waals surface area contributed by atoms with Crippen LogP contribution >= 0.6 is 23.5 Å². The number of nitrogens with one attached hydrogen (secondary N) is 1. The normalized spacial score (nSPS) is 19.2. The third-order valence-corrected chi connectivity index (χ3v) is 32.7. The predicted molar refractivity (Wildman–Crippen MR) is 572 cm³/mol. The zero-order chi connectivity index (χ0) is 110. The summed E-state index contributed by atoms with van der Waals surface area (Å²) < 4.78 is 29.7. The molecule has 0 radical (unpaired) electrons. The number of imide groups is 2. The third-order valence-electron chi connectivity index (χ3n) is 30.9. The number of hydrogen-bond donors (Lipinski definition) is 3. The number of carboxylic acid groups (broad SMARTS) is 2. The van der Waals surface area contributed by atoms with Gasteiger partial charge < -0.3 is 68.6 Å². The fraction of sp³-hybridized carbons (Fsp3) is 0.690. The lowest BCUT2D eigenvalue weighted by Gasteiger charge is -2.41. The predicted octanol–water partition coefficient (Wildman–Crippen LogP) is 14.9. The summed E-state index contributed by atoms with van der Waals surface area (Å²) in [6.45, 7) is 28.2. The molecule has 10 amide bonds. The number of ether oxygens (including phenoxy) is 5. The molecule has 3 N–H and O–H groups in total. The first-order valence-corrected chi connectivity index (χ1v) is 55.8. The molecule has 4 aliphatic rings. The van der Waals surface area contributed by atoms with Gasteiger partial charge >= 0.3 is 18.0 Å². The number of likely N-dealkylation sites (tertiary alicyclic amines) is 4. The van der Waals surface area contributed by atoms with Crippen molar-refractivity contribution in [1.29, 1.82) is 0 Å². The van der Waals surface area contributed by atoms with E-state index in [1.165, 1.54) is 78.6 Å². The van der Waals surface area contributed by atoms with Crippen LogP contribution in [0, 0.1) is 71.0 Å². The molecule has 0 saturated carbocycles. The van der Waals surface area contributed by atoms with Gasteiger partial charge in [0.05, 0.1) is 102 Å². The van der Waals surface area contributed by atoms with Crippen molar-refractivity contribution in [2.24, 2.45) is 71.0 Å². The average molecular weight is 2110 g/mol. The number of benzene rings is 3. The first-order chi connectivity index (χ1) is 70.1. The first-order valence-electron chi connectivity index (χ1n) is 53.3. The van der Waals surface area contributed by atoms with Gasteiger partial charge in [-0.2, -0.15) is 23.5 Å². The van der Waals surface area contributed by atoms with Crippen LogP contribution in [-0.4, -0.2) is 323 Å². The number of carboxylic acids is 2. The molecule has 20 atom stereocenters. The van der Waals surface area contributed by atoms with Crippen molar-refractivity contribution >= 4 is 129 Å². The molecule has 3 aromatic carbocycles. The van der Waals surface area contributed by atoms with Gasteiger partial charge in [-0.25, -0.2) is 4.79 Å². The van der Waals surface area contributed by atoms with Crippen LogP contribution in [0.4, 0.5) is 10.5 Å². The van der Waals surface area contributed by atoms with Gasteiger partial charge in [0.1, 0.15) is 18.2 Å². The van der Waals surface area contributed by atoms with Crippen molar-refractivity contribution in [3.05, 3.63) is 102 Å². The van der Waals surface area contributed by atoms with Gasteiger partial charge in [0.25, 0.3) is 0 Å². The second-order valence-corrected chi connectivity index (χ2v) is 44.5. The van der Waals surface area contributed by atoms with Crippen LogP contribution in [0.3, 0.4) is 0 Å². The number of ketones is 5. The number of carbonyl (C=O) groups is 17. The molecule has 4 fully saturated rings. The summed E-state index contributed by atoms with van der Waals surface area (Å²) >= 11 is 2.77.